The second-order valence-electron chi connectivity index (χ2n) is 18.8. The Balaban J connectivity index is 4.37. The predicted octanol–water partition coefficient (Wildman–Crippen LogP) is 18.5. The van der Waals surface area contributed by atoms with E-state index in [0.717, 1.165) is 83.5 Å². The van der Waals surface area contributed by atoms with Gasteiger partial charge in [0.15, 0.2) is 6.10 Å². The molecule has 0 rings (SSSR count). The molecular weight excluding hydrogens is 793 g/mol. The van der Waals surface area contributed by atoms with Crippen LogP contribution in [-0.2, 0) is 28.6 Å². The summed E-state index contributed by atoms with van der Waals surface area (Å²) >= 11 is 0. The highest BCUT2D eigenvalue weighted by molar-refractivity contribution is 5.71. The monoisotopic (exact) mass is 899 g/mol. The molecule has 0 bridgehead atoms. The summed E-state index contributed by atoms with van der Waals surface area (Å²) in [6, 6.07) is 0. The first-order valence-corrected chi connectivity index (χ1v) is 28.0. The molecule has 0 radical (unpaired) electrons. The van der Waals surface area contributed by atoms with Gasteiger partial charge in [0.05, 0.1) is 0 Å². The Morgan fingerprint density at radius 1 is 0.312 bits per heavy atom. The van der Waals surface area contributed by atoms with E-state index in [1.165, 1.54) is 173 Å². The first-order valence-electron chi connectivity index (χ1n) is 28.0. The van der Waals surface area contributed by atoms with Crippen LogP contribution in [0.25, 0.3) is 0 Å². The summed E-state index contributed by atoms with van der Waals surface area (Å²) in [6.07, 6.45) is 62.7. The first-order chi connectivity index (χ1) is 31.5. The maximum atomic E-state index is 12.8. The van der Waals surface area contributed by atoms with Gasteiger partial charge in [0.1, 0.15) is 13.2 Å². The molecule has 0 N–H and O–H groups in total. The highest BCUT2D eigenvalue weighted by atomic mass is 16.6. The van der Waals surface area contributed by atoms with E-state index < -0.39 is 6.10 Å². The molecule has 64 heavy (non-hydrogen) atoms. The van der Waals surface area contributed by atoms with E-state index >= 15 is 0 Å². The fourth-order valence-electron chi connectivity index (χ4n) is 8.12. The average molecular weight is 899 g/mol. The van der Waals surface area contributed by atoms with Crippen molar-refractivity contribution in [1.29, 1.82) is 0 Å². The third-order valence-corrected chi connectivity index (χ3v) is 12.4. The number of carbonyl (C=O) groups excluding carboxylic acids is 3. The van der Waals surface area contributed by atoms with Crippen LogP contribution in [0.1, 0.15) is 297 Å². The van der Waals surface area contributed by atoms with Gasteiger partial charge in [0, 0.05) is 19.3 Å². The lowest BCUT2D eigenvalue weighted by Crippen LogP contribution is -2.30. The van der Waals surface area contributed by atoms with Gasteiger partial charge in [-0.05, 0) is 77.0 Å². The normalized spacial score (nSPS) is 12.2. The van der Waals surface area contributed by atoms with E-state index in [1.54, 1.807) is 0 Å². The first kappa shape index (κ1) is 61.6. The van der Waals surface area contributed by atoms with Crippen LogP contribution in [0.5, 0.6) is 0 Å². The van der Waals surface area contributed by atoms with Crippen molar-refractivity contribution in [2.24, 2.45) is 0 Å². The fraction of sp³-hybridized carbons (Fsp3) is 0.845. The van der Waals surface area contributed by atoms with Crippen LogP contribution in [0.3, 0.4) is 0 Å². The molecule has 6 nitrogen and oxygen atoms in total. The van der Waals surface area contributed by atoms with Crippen molar-refractivity contribution in [3.63, 3.8) is 0 Å². The minimum atomic E-state index is -0.778. The van der Waals surface area contributed by atoms with E-state index in [9.17, 15) is 14.4 Å². The molecule has 0 fully saturated rings. The Hall–Kier alpha value is -2.37. The highest BCUT2D eigenvalue weighted by Gasteiger charge is 2.19. The molecule has 6 heteroatoms. The summed E-state index contributed by atoms with van der Waals surface area (Å²) in [6.45, 7) is 6.63. The second-order valence-corrected chi connectivity index (χ2v) is 18.8. The zero-order valence-electron chi connectivity index (χ0n) is 42.8. The van der Waals surface area contributed by atoms with E-state index in [1.807, 2.05) is 0 Å². The maximum Gasteiger partial charge on any atom is 0.306 e. The van der Waals surface area contributed by atoms with Gasteiger partial charge in [-0.3, -0.25) is 14.4 Å². The Labute approximate surface area is 397 Å². The molecule has 0 aromatic rings. The molecule has 0 spiro atoms. The van der Waals surface area contributed by atoms with Crippen LogP contribution in [0.2, 0.25) is 0 Å². The summed E-state index contributed by atoms with van der Waals surface area (Å²) in [7, 11) is 0. The number of ether oxygens (including phenoxy) is 3. The molecule has 0 aliphatic carbocycles. The van der Waals surface area contributed by atoms with E-state index in [0.29, 0.717) is 19.3 Å². The molecule has 0 aliphatic heterocycles. The van der Waals surface area contributed by atoms with Crippen molar-refractivity contribution in [2.75, 3.05) is 13.2 Å². The standard InChI is InChI=1S/C58H106O6/c1-4-7-10-13-16-19-22-25-27-29-31-33-36-39-42-45-48-51-57(60)63-54-55(53-62-56(59)50-47-44-41-38-35-32-24-21-18-15-12-9-6-3)64-58(61)52-49-46-43-40-37-34-30-28-26-23-20-17-14-11-8-5-2/h20,23,25,27-28,30,55H,4-19,21-22,24,26,29,31-54H2,1-3H3/b23-20-,27-25-,30-28-. The lowest BCUT2D eigenvalue weighted by Gasteiger charge is -2.18. The topological polar surface area (TPSA) is 78.9 Å². The minimum absolute atomic E-state index is 0.0759. The smallest absolute Gasteiger partial charge is 0.306 e. The summed E-state index contributed by atoms with van der Waals surface area (Å²) < 4.78 is 16.8. The minimum Gasteiger partial charge on any atom is -0.462 e. The Morgan fingerprint density at radius 3 is 0.891 bits per heavy atom. The van der Waals surface area contributed by atoms with Crippen molar-refractivity contribution < 1.29 is 28.6 Å². The Kier molecular flexibility index (Phi) is 51.3. The van der Waals surface area contributed by atoms with Gasteiger partial charge in [-0.15, -0.1) is 0 Å². The zero-order chi connectivity index (χ0) is 46.5. The average Bonchev–Trinajstić information content (AvgIpc) is 3.29. The number of rotatable bonds is 51. The van der Waals surface area contributed by atoms with Crippen molar-refractivity contribution in [3.8, 4) is 0 Å². The molecule has 0 saturated carbocycles. The predicted molar refractivity (Wildman–Crippen MR) is 275 cm³/mol. The number of allylic oxidation sites excluding steroid dienone is 6. The van der Waals surface area contributed by atoms with Crippen molar-refractivity contribution in [1.82, 2.24) is 0 Å². The molecule has 0 aromatic carbocycles. The Morgan fingerprint density at radius 2 is 0.562 bits per heavy atom. The number of unbranched alkanes of at least 4 members (excludes halogenated alkanes) is 34. The van der Waals surface area contributed by atoms with E-state index in [2.05, 4.69) is 57.2 Å². The molecular formula is C58H106O6. The quantitative estimate of drug-likeness (QED) is 0.0262. The largest absolute Gasteiger partial charge is 0.462 e. The zero-order valence-corrected chi connectivity index (χ0v) is 42.8. The van der Waals surface area contributed by atoms with Gasteiger partial charge in [0.2, 0.25) is 0 Å². The molecule has 0 amide bonds. The van der Waals surface area contributed by atoms with Gasteiger partial charge >= 0.3 is 17.9 Å². The lowest BCUT2D eigenvalue weighted by molar-refractivity contribution is -0.167. The molecule has 1 unspecified atom stereocenters. The summed E-state index contributed by atoms with van der Waals surface area (Å²) in [4.78, 5) is 38.1. The molecule has 1 atom stereocenters. The van der Waals surface area contributed by atoms with Crippen LogP contribution in [0, 0.1) is 0 Å². The Bertz CT molecular complexity index is 1080. The number of hydrogen-bond donors (Lipinski definition) is 0. The highest BCUT2D eigenvalue weighted by Crippen LogP contribution is 2.16. The number of carbonyl (C=O) groups is 3. The van der Waals surface area contributed by atoms with Crippen LogP contribution >= 0.6 is 0 Å². The van der Waals surface area contributed by atoms with Gasteiger partial charge in [-0.25, -0.2) is 0 Å². The fourth-order valence-corrected chi connectivity index (χ4v) is 8.12. The third-order valence-electron chi connectivity index (χ3n) is 12.4. The molecule has 0 aromatic heterocycles. The lowest BCUT2D eigenvalue weighted by atomic mass is 10.0. The van der Waals surface area contributed by atoms with Crippen molar-refractivity contribution in [3.05, 3.63) is 36.5 Å². The van der Waals surface area contributed by atoms with Crippen molar-refractivity contribution >= 4 is 17.9 Å². The molecule has 374 valence electrons. The SMILES string of the molecule is CCCCCC/C=C\C/C=C\CCCCCCCC(=O)OC(COC(=O)CCCCCCCCC/C=C\CCCCCCCC)COC(=O)CCCCCCCCCCCCCCC. The maximum absolute atomic E-state index is 12.8. The van der Waals surface area contributed by atoms with Crippen LogP contribution in [0.15, 0.2) is 36.5 Å². The third kappa shape index (κ3) is 50.6. The van der Waals surface area contributed by atoms with Gasteiger partial charge in [0.25, 0.3) is 0 Å². The number of esters is 3. The van der Waals surface area contributed by atoms with Crippen molar-refractivity contribution in [2.45, 2.75) is 303 Å². The number of hydrogen-bond acceptors (Lipinski definition) is 6. The molecule has 0 saturated heterocycles. The van der Waals surface area contributed by atoms with Gasteiger partial charge in [-0.1, -0.05) is 237 Å². The van der Waals surface area contributed by atoms with Gasteiger partial charge in [-0.2, -0.15) is 0 Å². The van der Waals surface area contributed by atoms with E-state index in [4.69, 9.17) is 14.2 Å². The van der Waals surface area contributed by atoms with Gasteiger partial charge < -0.3 is 14.2 Å². The van der Waals surface area contributed by atoms with E-state index in [-0.39, 0.29) is 31.1 Å². The second kappa shape index (κ2) is 53.2. The van der Waals surface area contributed by atoms with Crippen LogP contribution in [-0.4, -0.2) is 37.2 Å². The molecule has 0 aliphatic rings. The summed E-state index contributed by atoms with van der Waals surface area (Å²) in [5.41, 5.74) is 0. The van der Waals surface area contributed by atoms with Crippen LogP contribution < -0.4 is 0 Å². The summed E-state index contributed by atoms with van der Waals surface area (Å²) in [5, 5.41) is 0. The van der Waals surface area contributed by atoms with Crippen LogP contribution in [0.4, 0.5) is 0 Å². The summed E-state index contributed by atoms with van der Waals surface area (Å²) in [5.74, 6) is -0.880. The molecule has 0 heterocycles.